The number of nitrogens with one attached hydrogen (secondary N) is 1. The molecular weight excluding hydrogens is 250 g/mol. The Labute approximate surface area is 117 Å². The Balaban J connectivity index is 1.71. The van der Waals surface area contributed by atoms with Gasteiger partial charge in [0.15, 0.2) is 0 Å². The molecule has 0 atom stereocenters. The number of anilines is 1. The summed E-state index contributed by atoms with van der Waals surface area (Å²) in [5, 5.41) is 2.48. The normalized spacial score (nSPS) is 13.2. The highest BCUT2D eigenvalue weighted by Gasteiger charge is 2.24. The molecular formula is C16H13N3O. The van der Waals surface area contributed by atoms with Gasteiger partial charge in [-0.05, 0) is 37.1 Å². The third-order valence-corrected chi connectivity index (χ3v) is 3.10. The van der Waals surface area contributed by atoms with Gasteiger partial charge in [0.1, 0.15) is 5.82 Å². The fourth-order valence-electron chi connectivity index (χ4n) is 1.86. The maximum Gasteiger partial charge on any atom is 0.212 e. The Hall–Kier alpha value is -2.67. The van der Waals surface area contributed by atoms with Crippen molar-refractivity contribution in [1.29, 1.82) is 0 Å². The van der Waals surface area contributed by atoms with Crippen molar-refractivity contribution in [2.45, 2.75) is 18.8 Å². The fourth-order valence-corrected chi connectivity index (χ4v) is 1.86. The SMILES string of the molecule is O=CNc1ccc(C#Cc2ccc(C3CC3)nc2)cn1. The Bertz CT molecular complexity index is 662. The van der Waals surface area contributed by atoms with Crippen LogP contribution in [-0.2, 0) is 4.79 Å². The Morgan fingerprint density at radius 3 is 2.25 bits per heavy atom. The highest BCUT2D eigenvalue weighted by Crippen LogP contribution is 2.38. The lowest BCUT2D eigenvalue weighted by Crippen LogP contribution is -1.96. The van der Waals surface area contributed by atoms with Crippen LogP contribution in [0.4, 0.5) is 5.82 Å². The molecule has 0 aliphatic heterocycles. The minimum Gasteiger partial charge on any atom is -0.313 e. The molecule has 1 N–H and O–H groups in total. The number of aromatic nitrogens is 2. The van der Waals surface area contributed by atoms with Gasteiger partial charge >= 0.3 is 0 Å². The molecule has 20 heavy (non-hydrogen) atoms. The van der Waals surface area contributed by atoms with Gasteiger partial charge in [-0.25, -0.2) is 4.98 Å². The summed E-state index contributed by atoms with van der Waals surface area (Å²) in [6.07, 6.45) is 6.55. The zero-order valence-electron chi connectivity index (χ0n) is 10.8. The maximum atomic E-state index is 10.3. The van der Waals surface area contributed by atoms with E-state index in [-0.39, 0.29) is 0 Å². The van der Waals surface area contributed by atoms with E-state index in [2.05, 4.69) is 33.2 Å². The van der Waals surface area contributed by atoms with E-state index in [0.29, 0.717) is 18.1 Å². The second kappa shape index (κ2) is 5.54. The lowest BCUT2D eigenvalue weighted by atomic mass is 10.2. The largest absolute Gasteiger partial charge is 0.313 e. The number of carbonyl (C=O) groups is 1. The van der Waals surface area contributed by atoms with Gasteiger partial charge in [0.25, 0.3) is 0 Å². The molecule has 2 heterocycles. The van der Waals surface area contributed by atoms with Crippen molar-refractivity contribution in [2.75, 3.05) is 5.32 Å². The van der Waals surface area contributed by atoms with Gasteiger partial charge in [-0.15, -0.1) is 0 Å². The van der Waals surface area contributed by atoms with Crippen molar-refractivity contribution in [3.8, 4) is 11.8 Å². The zero-order valence-corrected chi connectivity index (χ0v) is 10.8. The third-order valence-electron chi connectivity index (χ3n) is 3.10. The first-order chi connectivity index (χ1) is 9.85. The van der Waals surface area contributed by atoms with E-state index in [1.54, 1.807) is 12.3 Å². The average molecular weight is 263 g/mol. The topological polar surface area (TPSA) is 54.9 Å². The molecule has 2 aromatic heterocycles. The fraction of sp³-hybridized carbons (Fsp3) is 0.188. The quantitative estimate of drug-likeness (QED) is 0.683. The molecule has 1 amide bonds. The predicted molar refractivity (Wildman–Crippen MR) is 76.1 cm³/mol. The summed E-state index contributed by atoms with van der Waals surface area (Å²) >= 11 is 0. The highest BCUT2D eigenvalue weighted by atomic mass is 16.1. The first kappa shape index (κ1) is 12.4. The summed E-state index contributed by atoms with van der Waals surface area (Å²) < 4.78 is 0. The molecule has 4 nitrogen and oxygen atoms in total. The van der Waals surface area contributed by atoms with Crippen molar-refractivity contribution in [3.63, 3.8) is 0 Å². The van der Waals surface area contributed by atoms with Crippen LogP contribution in [0, 0.1) is 11.8 Å². The molecule has 0 bridgehead atoms. The van der Waals surface area contributed by atoms with Crippen molar-refractivity contribution in [2.24, 2.45) is 0 Å². The summed E-state index contributed by atoms with van der Waals surface area (Å²) in [5.41, 5.74) is 2.86. The van der Waals surface area contributed by atoms with Crippen molar-refractivity contribution >= 4 is 12.2 Å². The molecule has 3 rings (SSSR count). The maximum absolute atomic E-state index is 10.3. The van der Waals surface area contributed by atoms with E-state index in [4.69, 9.17) is 0 Å². The lowest BCUT2D eigenvalue weighted by molar-refractivity contribution is -0.105. The molecule has 0 spiro atoms. The second-order valence-electron chi connectivity index (χ2n) is 4.69. The van der Waals surface area contributed by atoms with Gasteiger partial charge in [0, 0.05) is 35.1 Å². The second-order valence-corrected chi connectivity index (χ2v) is 4.69. The van der Waals surface area contributed by atoms with E-state index in [1.807, 2.05) is 18.3 Å². The van der Waals surface area contributed by atoms with Gasteiger partial charge < -0.3 is 5.32 Å². The van der Waals surface area contributed by atoms with Crippen LogP contribution in [0.1, 0.15) is 35.6 Å². The van der Waals surface area contributed by atoms with Crippen LogP contribution in [0.25, 0.3) is 0 Å². The summed E-state index contributed by atoms with van der Waals surface area (Å²) in [6.45, 7) is 0. The third kappa shape index (κ3) is 3.01. The molecule has 1 aliphatic rings. The van der Waals surface area contributed by atoms with Crippen LogP contribution < -0.4 is 5.32 Å². The monoisotopic (exact) mass is 263 g/mol. The molecule has 2 aromatic rings. The number of hydrogen-bond acceptors (Lipinski definition) is 3. The van der Waals surface area contributed by atoms with Crippen molar-refractivity contribution < 1.29 is 4.79 Å². The molecule has 1 aliphatic carbocycles. The van der Waals surface area contributed by atoms with Crippen LogP contribution in [0.15, 0.2) is 36.7 Å². The molecule has 0 unspecified atom stereocenters. The van der Waals surface area contributed by atoms with Gasteiger partial charge in [-0.2, -0.15) is 0 Å². The standard InChI is InChI=1S/C16H13N3O/c20-11-19-16-8-4-13(10-18-16)2-1-12-3-7-15(17-9-12)14-5-6-14/h3-4,7-11,14H,5-6H2,(H,18,19,20). The number of amides is 1. The molecule has 1 fully saturated rings. The van der Waals surface area contributed by atoms with E-state index < -0.39 is 0 Å². The number of carbonyl (C=O) groups excluding carboxylic acids is 1. The molecule has 4 heteroatoms. The minimum atomic E-state index is 0.515. The predicted octanol–water partition coefficient (Wildman–Crippen LogP) is 2.32. The first-order valence-electron chi connectivity index (χ1n) is 6.49. The Kier molecular flexibility index (Phi) is 3.42. The Morgan fingerprint density at radius 2 is 1.75 bits per heavy atom. The number of rotatable bonds is 3. The van der Waals surface area contributed by atoms with Gasteiger partial charge in [0.05, 0.1) is 0 Å². The number of pyridine rings is 2. The summed E-state index contributed by atoms with van der Waals surface area (Å²) in [5.74, 6) is 7.26. The van der Waals surface area contributed by atoms with Crippen LogP contribution in [0.5, 0.6) is 0 Å². The van der Waals surface area contributed by atoms with Gasteiger partial charge in [-0.1, -0.05) is 11.8 Å². The van der Waals surface area contributed by atoms with E-state index in [9.17, 15) is 4.79 Å². The zero-order chi connectivity index (χ0) is 13.8. The summed E-state index contributed by atoms with van der Waals surface area (Å²) in [7, 11) is 0. The molecule has 98 valence electrons. The number of nitrogens with zero attached hydrogens (tertiary/aromatic N) is 2. The van der Waals surface area contributed by atoms with Gasteiger partial charge in [-0.3, -0.25) is 9.78 Å². The van der Waals surface area contributed by atoms with E-state index in [0.717, 1.165) is 11.1 Å². The highest BCUT2D eigenvalue weighted by molar-refractivity contribution is 5.68. The minimum absolute atomic E-state index is 0.515. The van der Waals surface area contributed by atoms with Crippen LogP contribution in [0.2, 0.25) is 0 Å². The number of hydrogen-bond donors (Lipinski definition) is 1. The van der Waals surface area contributed by atoms with E-state index >= 15 is 0 Å². The molecule has 1 saturated carbocycles. The van der Waals surface area contributed by atoms with Gasteiger partial charge in [0.2, 0.25) is 6.41 Å². The van der Waals surface area contributed by atoms with Crippen LogP contribution >= 0.6 is 0 Å². The molecule has 0 radical (unpaired) electrons. The van der Waals surface area contributed by atoms with Crippen molar-refractivity contribution in [1.82, 2.24) is 9.97 Å². The molecule has 0 aromatic carbocycles. The Morgan fingerprint density at radius 1 is 1.05 bits per heavy atom. The van der Waals surface area contributed by atoms with Crippen LogP contribution in [0.3, 0.4) is 0 Å². The van der Waals surface area contributed by atoms with Crippen molar-refractivity contribution in [3.05, 3.63) is 53.5 Å². The first-order valence-corrected chi connectivity index (χ1v) is 6.49. The van der Waals surface area contributed by atoms with Crippen LogP contribution in [-0.4, -0.2) is 16.4 Å². The average Bonchev–Trinajstić information content (AvgIpc) is 3.32. The smallest absolute Gasteiger partial charge is 0.212 e. The summed E-state index contributed by atoms with van der Waals surface area (Å²) in [6, 6.07) is 7.59. The summed E-state index contributed by atoms with van der Waals surface area (Å²) in [4.78, 5) is 18.8. The molecule has 0 saturated heterocycles. The lowest BCUT2D eigenvalue weighted by Gasteiger charge is -1.97. The van der Waals surface area contributed by atoms with E-state index in [1.165, 1.54) is 18.5 Å².